The van der Waals surface area contributed by atoms with Crippen LogP contribution in [-0.4, -0.2) is 156 Å². The summed E-state index contributed by atoms with van der Waals surface area (Å²) in [6.07, 6.45) is -24.1. The van der Waals surface area contributed by atoms with Crippen LogP contribution in [0.2, 0.25) is 0 Å². The second kappa shape index (κ2) is 11.0. The summed E-state index contributed by atoms with van der Waals surface area (Å²) in [5, 5.41) is 100.0. The molecule has 0 bridgehead atoms. The van der Waals surface area contributed by atoms with Gasteiger partial charge in [-0.15, -0.1) is 0 Å². The lowest BCUT2D eigenvalue weighted by Gasteiger charge is -2.48. The Bertz CT molecular complexity index is 624. The van der Waals surface area contributed by atoms with Crippen molar-refractivity contribution in [3.63, 3.8) is 0 Å². The van der Waals surface area contributed by atoms with Gasteiger partial charge in [-0.1, -0.05) is 0 Å². The fourth-order valence-corrected chi connectivity index (χ4v) is 3.97. The number of hydrogen-bond acceptors (Lipinski definition) is 15. The van der Waals surface area contributed by atoms with E-state index in [1.165, 1.54) is 6.92 Å². The maximum atomic E-state index is 10.6. The molecule has 15 heteroatoms. The molecule has 0 aromatic heterocycles. The summed E-state index contributed by atoms with van der Waals surface area (Å²) in [7, 11) is 0. The normalized spacial score (nSPS) is 53.7. The molecule has 3 aliphatic heterocycles. The molecule has 0 aromatic rings. The van der Waals surface area contributed by atoms with Gasteiger partial charge < -0.3 is 74.7 Å². The van der Waals surface area contributed by atoms with Gasteiger partial charge in [0, 0.05) is 0 Å². The van der Waals surface area contributed by atoms with Crippen LogP contribution in [0, 0.1) is 0 Å². The number of rotatable bonds is 6. The highest BCUT2D eigenvalue weighted by atomic mass is 16.8. The summed E-state index contributed by atoms with van der Waals surface area (Å²) in [5.41, 5.74) is 0. The molecule has 3 saturated heterocycles. The zero-order valence-corrected chi connectivity index (χ0v) is 17.6. The van der Waals surface area contributed by atoms with Crippen molar-refractivity contribution >= 4 is 0 Å². The molecule has 10 N–H and O–H groups in total. The zero-order valence-electron chi connectivity index (χ0n) is 17.6. The predicted octanol–water partition coefficient (Wildman–Crippen LogP) is -6.55. The van der Waals surface area contributed by atoms with E-state index in [1.54, 1.807) is 0 Å². The fraction of sp³-hybridized carbons (Fsp3) is 1.00. The van der Waals surface area contributed by atoms with Crippen LogP contribution >= 0.6 is 0 Å². The molecule has 0 radical (unpaired) electrons. The van der Waals surface area contributed by atoms with Gasteiger partial charge in [0.25, 0.3) is 0 Å². The van der Waals surface area contributed by atoms with Crippen LogP contribution in [0.25, 0.3) is 0 Å². The largest absolute Gasteiger partial charge is 0.394 e. The predicted molar refractivity (Wildman–Crippen MR) is 99.8 cm³/mol. The van der Waals surface area contributed by atoms with E-state index in [4.69, 9.17) is 23.7 Å². The molecule has 0 spiro atoms. The highest BCUT2D eigenvalue weighted by molar-refractivity contribution is 4.96. The highest BCUT2D eigenvalue weighted by Gasteiger charge is 2.53. The Morgan fingerprint density at radius 3 is 1.61 bits per heavy atom. The lowest BCUT2D eigenvalue weighted by atomic mass is 9.96. The zero-order chi connectivity index (χ0) is 24.6. The van der Waals surface area contributed by atoms with Crippen molar-refractivity contribution in [3.05, 3.63) is 0 Å². The minimum absolute atomic E-state index is 0.747. The van der Waals surface area contributed by atoms with Gasteiger partial charge in [-0.3, -0.25) is 0 Å². The van der Waals surface area contributed by atoms with Gasteiger partial charge in [0.05, 0.1) is 19.3 Å². The lowest BCUT2D eigenvalue weighted by Crippen LogP contribution is -2.66. The second-order valence-electron chi connectivity index (χ2n) is 8.32. The summed E-state index contributed by atoms with van der Waals surface area (Å²) >= 11 is 0. The van der Waals surface area contributed by atoms with E-state index in [2.05, 4.69) is 0 Å². The Hall–Kier alpha value is -0.600. The molecular weight excluding hydrogens is 456 g/mol. The summed E-state index contributed by atoms with van der Waals surface area (Å²) in [6.45, 7) is -0.115. The van der Waals surface area contributed by atoms with Gasteiger partial charge in [0.2, 0.25) is 0 Å². The molecule has 0 aromatic carbocycles. The molecular formula is C18H32O15. The van der Waals surface area contributed by atoms with Crippen molar-refractivity contribution in [2.24, 2.45) is 0 Å². The lowest BCUT2D eigenvalue weighted by molar-refractivity contribution is -0.386. The number of ether oxygens (including phenoxy) is 5. The minimum atomic E-state index is -1.88. The molecule has 194 valence electrons. The van der Waals surface area contributed by atoms with Gasteiger partial charge in [0.15, 0.2) is 18.9 Å². The molecule has 3 aliphatic rings. The van der Waals surface area contributed by atoms with Gasteiger partial charge in [-0.25, -0.2) is 0 Å². The molecule has 0 amide bonds. The Morgan fingerprint density at radius 1 is 0.545 bits per heavy atom. The van der Waals surface area contributed by atoms with Crippen LogP contribution in [0.3, 0.4) is 0 Å². The first-order valence-corrected chi connectivity index (χ1v) is 10.4. The highest BCUT2D eigenvalue weighted by Crippen LogP contribution is 2.32. The molecule has 15 atom stereocenters. The first kappa shape index (κ1) is 27.0. The van der Waals surface area contributed by atoms with E-state index in [0.717, 1.165) is 0 Å². The van der Waals surface area contributed by atoms with Crippen LogP contribution in [0.1, 0.15) is 6.92 Å². The topological polar surface area (TPSA) is 248 Å². The average molecular weight is 488 g/mol. The smallest absolute Gasteiger partial charge is 0.187 e. The Labute approximate surface area is 187 Å². The van der Waals surface area contributed by atoms with Crippen molar-refractivity contribution in [2.75, 3.05) is 13.2 Å². The number of hydrogen-bond donors (Lipinski definition) is 10. The van der Waals surface area contributed by atoms with E-state index in [-0.39, 0.29) is 0 Å². The van der Waals surface area contributed by atoms with Gasteiger partial charge in [-0.2, -0.15) is 0 Å². The third kappa shape index (κ3) is 5.32. The Kier molecular flexibility index (Phi) is 8.99. The summed E-state index contributed by atoms with van der Waals surface area (Å²) < 4.78 is 26.7. The summed E-state index contributed by atoms with van der Waals surface area (Å²) in [5.74, 6) is 0. The quantitative estimate of drug-likeness (QED) is 0.167. The maximum absolute atomic E-state index is 10.6. The third-order valence-electron chi connectivity index (χ3n) is 6.06. The molecule has 0 saturated carbocycles. The fourth-order valence-electron chi connectivity index (χ4n) is 3.97. The molecule has 0 aliphatic carbocycles. The van der Waals surface area contributed by atoms with E-state index in [0.29, 0.717) is 0 Å². The van der Waals surface area contributed by atoms with Crippen molar-refractivity contribution in [1.82, 2.24) is 0 Å². The third-order valence-corrected chi connectivity index (χ3v) is 6.06. The van der Waals surface area contributed by atoms with E-state index < -0.39 is 105 Å². The van der Waals surface area contributed by atoms with Crippen LogP contribution in [0.5, 0.6) is 0 Å². The molecule has 3 heterocycles. The average Bonchev–Trinajstić information content (AvgIpc) is 2.79. The van der Waals surface area contributed by atoms with Gasteiger partial charge in [0.1, 0.15) is 67.1 Å². The van der Waals surface area contributed by atoms with Crippen molar-refractivity contribution < 1.29 is 74.7 Å². The molecule has 3 fully saturated rings. The Morgan fingerprint density at radius 2 is 1.03 bits per heavy atom. The van der Waals surface area contributed by atoms with Crippen LogP contribution in [0.4, 0.5) is 0 Å². The van der Waals surface area contributed by atoms with Crippen LogP contribution < -0.4 is 0 Å². The maximum Gasteiger partial charge on any atom is 0.187 e. The van der Waals surface area contributed by atoms with E-state index in [9.17, 15) is 51.1 Å². The Balaban J connectivity index is 1.82. The van der Waals surface area contributed by atoms with Crippen molar-refractivity contribution in [3.8, 4) is 0 Å². The van der Waals surface area contributed by atoms with Gasteiger partial charge in [-0.05, 0) is 6.92 Å². The minimum Gasteiger partial charge on any atom is -0.394 e. The molecule has 3 rings (SSSR count). The van der Waals surface area contributed by atoms with Crippen LogP contribution in [0.15, 0.2) is 0 Å². The number of aliphatic hydroxyl groups is 10. The first-order chi connectivity index (χ1) is 15.5. The molecule has 15 nitrogen and oxygen atoms in total. The summed E-state index contributed by atoms with van der Waals surface area (Å²) in [4.78, 5) is 0. The molecule has 0 unspecified atom stereocenters. The standard InChI is InChI=1S/C18H32O15/c1-4-7(21)10(24)12(26)17(29-4)33-15-14(9(23)6(3-20)30-16(15)28)32-18-13(27)11(25)8(22)5(2-19)31-18/h4-28H,2-3H2,1H3/t4-,5+,6+,7+,8-,9+,10+,11-,12-,13+,14-,15+,16+,17+,18-/m0/s1. The van der Waals surface area contributed by atoms with Crippen LogP contribution in [-0.2, 0) is 23.7 Å². The first-order valence-electron chi connectivity index (χ1n) is 10.4. The number of aliphatic hydroxyl groups excluding tert-OH is 10. The summed E-state index contributed by atoms with van der Waals surface area (Å²) in [6, 6.07) is 0. The monoisotopic (exact) mass is 488 g/mol. The molecule has 33 heavy (non-hydrogen) atoms. The van der Waals surface area contributed by atoms with Gasteiger partial charge >= 0.3 is 0 Å². The van der Waals surface area contributed by atoms with Crippen molar-refractivity contribution in [2.45, 2.75) is 99.0 Å². The van der Waals surface area contributed by atoms with E-state index >= 15 is 0 Å². The van der Waals surface area contributed by atoms with E-state index in [1.807, 2.05) is 0 Å². The van der Waals surface area contributed by atoms with Crippen molar-refractivity contribution in [1.29, 1.82) is 0 Å². The second-order valence-corrected chi connectivity index (χ2v) is 8.32. The SMILES string of the molecule is C[C@@H]1O[C@H](O[C@@H]2[C@@H](O[C@@H]3O[C@H](CO)[C@H](O)[C@H](O)[C@H]3O)[C@H](O)[C@@H](CO)O[C@H]2O)[C@@H](O)[C@H](O)[C@@H]1O.